The Morgan fingerprint density at radius 3 is 2.86 bits per heavy atom. The third-order valence-electron chi connectivity index (χ3n) is 1.47. The van der Waals surface area contributed by atoms with Crippen LogP contribution in [0.4, 0.5) is 0 Å². The molecule has 1 aromatic heterocycles. The maximum atomic E-state index is 11.1. The number of thiophene rings is 1. The van der Waals surface area contributed by atoms with Gasteiger partial charge in [0.15, 0.2) is 0 Å². The van der Waals surface area contributed by atoms with E-state index >= 15 is 0 Å². The van der Waals surface area contributed by atoms with Gasteiger partial charge in [-0.3, -0.25) is 4.79 Å². The Balaban J connectivity index is 2.96. The largest absolute Gasteiger partial charge is 0.354 e. The molecule has 1 aromatic rings. The van der Waals surface area contributed by atoms with Gasteiger partial charge in [-0.15, -0.1) is 11.3 Å². The second kappa shape index (κ2) is 4.94. The molecule has 0 bridgehead atoms. The fourth-order valence-corrected chi connectivity index (χ4v) is 2.20. The zero-order chi connectivity index (χ0) is 10.6. The van der Waals surface area contributed by atoms with Crippen molar-refractivity contribution in [3.8, 4) is 6.07 Å². The molecule has 0 unspecified atom stereocenters. The van der Waals surface area contributed by atoms with Gasteiger partial charge >= 0.3 is 0 Å². The molecule has 3 nitrogen and oxygen atoms in total. The highest BCUT2D eigenvalue weighted by molar-refractivity contribution is 9.11. The maximum absolute atomic E-state index is 11.1. The summed E-state index contributed by atoms with van der Waals surface area (Å²) in [5.74, 6) is -0.364. The van der Waals surface area contributed by atoms with Crippen molar-refractivity contribution in [2.45, 2.75) is 0 Å². The molecule has 0 fully saturated rings. The van der Waals surface area contributed by atoms with E-state index in [0.29, 0.717) is 0 Å². The fraction of sp³-hybridized carbons (Fsp3) is 0.111. The summed E-state index contributed by atoms with van der Waals surface area (Å²) < 4.78 is 0.970. The van der Waals surface area contributed by atoms with Crippen LogP contribution in [0.15, 0.2) is 21.5 Å². The van der Waals surface area contributed by atoms with Crippen molar-refractivity contribution in [3.05, 3.63) is 26.4 Å². The molecule has 0 radical (unpaired) electrons. The molecule has 5 heteroatoms. The Bertz CT molecular complexity index is 417. The molecule has 1 N–H and O–H groups in total. The first kappa shape index (κ1) is 11.0. The monoisotopic (exact) mass is 270 g/mol. The van der Waals surface area contributed by atoms with Crippen LogP contribution in [-0.4, -0.2) is 13.0 Å². The van der Waals surface area contributed by atoms with Crippen LogP contribution in [0.3, 0.4) is 0 Å². The Morgan fingerprint density at radius 2 is 2.43 bits per heavy atom. The lowest BCUT2D eigenvalue weighted by Crippen LogP contribution is -2.18. The molecule has 1 heterocycles. The van der Waals surface area contributed by atoms with Crippen molar-refractivity contribution in [3.63, 3.8) is 0 Å². The molecule has 1 rings (SSSR count). The van der Waals surface area contributed by atoms with Crippen LogP contribution in [-0.2, 0) is 4.79 Å². The highest BCUT2D eigenvalue weighted by Gasteiger charge is 2.06. The van der Waals surface area contributed by atoms with Gasteiger partial charge in [-0.2, -0.15) is 5.26 Å². The minimum absolute atomic E-state index is 0.113. The quantitative estimate of drug-likeness (QED) is 0.662. The summed E-state index contributed by atoms with van der Waals surface area (Å²) in [6, 6.07) is 5.56. The molecule has 0 aliphatic heterocycles. The van der Waals surface area contributed by atoms with Crippen molar-refractivity contribution < 1.29 is 4.79 Å². The van der Waals surface area contributed by atoms with Gasteiger partial charge in [0.25, 0.3) is 5.91 Å². The summed E-state index contributed by atoms with van der Waals surface area (Å²) in [6.07, 6.45) is 1.56. The maximum Gasteiger partial charge on any atom is 0.261 e. The smallest absolute Gasteiger partial charge is 0.261 e. The third-order valence-corrected chi connectivity index (χ3v) is 3.04. The van der Waals surface area contributed by atoms with E-state index in [9.17, 15) is 4.79 Å². The highest BCUT2D eigenvalue weighted by Crippen LogP contribution is 2.23. The second-order valence-electron chi connectivity index (χ2n) is 2.39. The summed E-state index contributed by atoms with van der Waals surface area (Å²) in [5, 5.41) is 11.1. The van der Waals surface area contributed by atoms with Gasteiger partial charge in [-0.1, -0.05) is 0 Å². The number of rotatable bonds is 2. The lowest BCUT2D eigenvalue weighted by molar-refractivity contribution is -0.116. The van der Waals surface area contributed by atoms with E-state index in [1.807, 2.05) is 18.2 Å². The zero-order valence-corrected chi connectivity index (χ0v) is 9.78. The average molecular weight is 271 g/mol. The molecule has 1 amide bonds. The number of amides is 1. The molecule has 0 aliphatic carbocycles. The lowest BCUT2D eigenvalue weighted by atomic mass is 10.2. The predicted molar refractivity (Wildman–Crippen MR) is 59.7 cm³/mol. The van der Waals surface area contributed by atoms with Crippen LogP contribution >= 0.6 is 27.3 Å². The Labute approximate surface area is 94.2 Å². The summed E-state index contributed by atoms with van der Waals surface area (Å²) >= 11 is 4.77. The predicted octanol–water partition coefficient (Wildman–Crippen LogP) is 2.16. The molecular formula is C9H7BrN2OS. The molecule has 0 atom stereocenters. The number of likely N-dealkylation sites (N-methyl/N-ethyl adjacent to an activating group) is 1. The summed E-state index contributed by atoms with van der Waals surface area (Å²) in [5.41, 5.74) is 0.113. The number of nitriles is 1. The van der Waals surface area contributed by atoms with E-state index in [-0.39, 0.29) is 11.5 Å². The van der Waals surface area contributed by atoms with Crippen molar-refractivity contribution in [1.29, 1.82) is 5.26 Å². The fourth-order valence-electron chi connectivity index (χ4n) is 0.831. The Morgan fingerprint density at radius 1 is 1.71 bits per heavy atom. The number of hydrogen-bond acceptors (Lipinski definition) is 3. The normalized spacial score (nSPS) is 10.8. The van der Waals surface area contributed by atoms with E-state index in [1.54, 1.807) is 6.08 Å². The van der Waals surface area contributed by atoms with Gasteiger partial charge in [-0.25, -0.2) is 0 Å². The van der Waals surface area contributed by atoms with Crippen LogP contribution < -0.4 is 5.32 Å². The molecule has 14 heavy (non-hydrogen) atoms. The van der Waals surface area contributed by atoms with E-state index in [4.69, 9.17) is 5.26 Å². The van der Waals surface area contributed by atoms with Crippen LogP contribution in [0.2, 0.25) is 0 Å². The average Bonchev–Trinajstić information content (AvgIpc) is 2.59. The molecule has 0 aliphatic rings. The van der Waals surface area contributed by atoms with Crippen LogP contribution in [0, 0.1) is 11.3 Å². The van der Waals surface area contributed by atoms with Gasteiger partial charge < -0.3 is 5.32 Å². The number of nitrogens with zero attached hydrogens (tertiary/aromatic N) is 1. The number of carbonyl (C=O) groups is 1. The van der Waals surface area contributed by atoms with Gasteiger partial charge in [-0.05, 0) is 34.1 Å². The Hall–Kier alpha value is -1.12. The van der Waals surface area contributed by atoms with E-state index in [1.165, 1.54) is 18.4 Å². The first-order chi connectivity index (χ1) is 6.67. The van der Waals surface area contributed by atoms with Crippen LogP contribution in [0.5, 0.6) is 0 Å². The molecular weight excluding hydrogens is 264 g/mol. The summed E-state index contributed by atoms with van der Waals surface area (Å²) in [7, 11) is 1.50. The number of carbonyl (C=O) groups excluding carboxylic acids is 1. The van der Waals surface area contributed by atoms with Crippen molar-refractivity contribution >= 4 is 39.2 Å². The molecule has 0 aromatic carbocycles. The SMILES string of the molecule is CNC(=O)/C(C#N)=C/c1ccc(Br)s1. The third kappa shape index (κ3) is 2.69. The number of nitrogens with one attached hydrogen (secondary N) is 1. The van der Waals surface area contributed by atoms with Crippen molar-refractivity contribution in [1.82, 2.24) is 5.32 Å². The van der Waals surface area contributed by atoms with Gasteiger partial charge in [0, 0.05) is 11.9 Å². The van der Waals surface area contributed by atoms with Crippen LogP contribution in [0.25, 0.3) is 6.08 Å². The molecule has 0 spiro atoms. The standard InChI is InChI=1S/C9H7BrN2OS/c1-12-9(13)6(5-11)4-7-2-3-8(10)14-7/h2-4H,1H3,(H,12,13)/b6-4+. The topological polar surface area (TPSA) is 52.9 Å². The van der Waals surface area contributed by atoms with E-state index in [2.05, 4.69) is 21.2 Å². The second-order valence-corrected chi connectivity index (χ2v) is 4.89. The van der Waals surface area contributed by atoms with Crippen LogP contribution in [0.1, 0.15) is 4.88 Å². The number of halogens is 1. The first-order valence-corrected chi connectivity index (χ1v) is 5.37. The lowest BCUT2D eigenvalue weighted by Gasteiger charge is -1.94. The highest BCUT2D eigenvalue weighted by atomic mass is 79.9. The molecule has 72 valence electrons. The van der Waals surface area contributed by atoms with Crippen molar-refractivity contribution in [2.24, 2.45) is 0 Å². The first-order valence-electron chi connectivity index (χ1n) is 3.76. The van der Waals surface area contributed by atoms with E-state index in [0.717, 1.165) is 8.66 Å². The van der Waals surface area contributed by atoms with Gasteiger partial charge in [0.1, 0.15) is 11.6 Å². The molecule has 0 saturated heterocycles. The minimum atomic E-state index is -0.364. The zero-order valence-electron chi connectivity index (χ0n) is 7.37. The number of hydrogen-bond donors (Lipinski definition) is 1. The van der Waals surface area contributed by atoms with Crippen molar-refractivity contribution in [2.75, 3.05) is 7.05 Å². The molecule has 0 saturated carbocycles. The summed E-state index contributed by atoms with van der Waals surface area (Å²) in [6.45, 7) is 0. The minimum Gasteiger partial charge on any atom is -0.354 e. The summed E-state index contributed by atoms with van der Waals surface area (Å²) in [4.78, 5) is 12.0. The van der Waals surface area contributed by atoms with Gasteiger partial charge in [0.05, 0.1) is 3.79 Å². The Kier molecular flexibility index (Phi) is 3.86. The van der Waals surface area contributed by atoms with Gasteiger partial charge in [0.2, 0.25) is 0 Å². The van der Waals surface area contributed by atoms with E-state index < -0.39 is 0 Å².